The Labute approximate surface area is 183 Å². The van der Waals surface area contributed by atoms with Crippen LogP contribution in [0.5, 0.6) is 17.2 Å². The van der Waals surface area contributed by atoms with E-state index < -0.39 is 11.8 Å². The van der Waals surface area contributed by atoms with E-state index in [1.165, 1.54) is 25.3 Å². The number of benzene rings is 3. The van der Waals surface area contributed by atoms with Gasteiger partial charge in [0.1, 0.15) is 5.75 Å². The van der Waals surface area contributed by atoms with Crippen LogP contribution in [0, 0.1) is 0 Å². The number of anilines is 1. The Kier molecular flexibility index (Phi) is 4.74. The highest BCUT2D eigenvalue weighted by Crippen LogP contribution is 2.35. The highest BCUT2D eigenvalue weighted by Gasteiger charge is 2.38. The average Bonchev–Trinajstić information content (AvgIpc) is 3.39. The molecular weight excluding hydrogens is 412 g/mol. The summed E-state index contributed by atoms with van der Waals surface area (Å²) >= 11 is 0. The van der Waals surface area contributed by atoms with E-state index in [4.69, 9.17) is 14.2 Å². The van der Waals surface area contributed by atoms with E-state index in [0.717, 1.165) is 10.5 Å². The summed E-state index contributed by atoms with van der Waals surface area (Å²) in [7, 11) is 1.47. The smallest absolute Gasteiger partial charge is 0.266 e. The van der Waals surface area contributed by atoms with E-state index in [2.05, 4.69) is 5.32 Å². The van der Waals surface area contributed by atoms with Gasteiger partial charge in [0.05, 0.1) is 23.9 Å². The third kappa shape index (κ3) is 3.22. The van der Waals surface area contributed by atoms with Crippen molar-refractivity contribution in [2.75, 3.05) is 18.8 Å². The summed E-state index contributed by atoms with van der Waals surface area (Å²) in [5.74, 6) is 0.392. The number of ether oxygens (including phenoxy) is 3. The molecule has 0 saturated heterocycles. The van der Waals surface area contributed by atoms with Gasteiger partial charge >= 0.3 is 0 Å². The van der Waals surface area contributed by atoms with Gasteiger partial charge in [-0.25, -0.2) is 4.90 Å². The van der Waals surface area contributed by atoms with Crippen molar-refractivity contribution in [2.24, 2.45) is 0 Å². The first-order chi connectivity index (χ1) is 15.6. The van der Waals surface area contributed by atoms with Crippen molar-refractivity contribution in [1.82, 2.24) is 5.32 Å². The predicted octanol–water partition coefficient (Wildman–Crippen LogP) is 3.15. The molecule has 0 saturated carbocycles. The lowest BCUT2D eigenvalue weighted by atomic mass is 10.1. The van der Waals surface area contributed by atoms with E-state index >= 15 is 0 Å². The lowest BCUT2D eigenvalue weighted by molar-refractivity contribution is 0.0922. The third-order valence-electron chi connectivity index (χ3n) is 5.36. The zero-order chi connectivity index (χ0) is 22.2. The van der Waals surface area contributed by atoms with E-state index in [9.17, 15) is 14.4 Å². The van der Waals surface area contributed by atoms with Crippen LogP contribution in [0.25, 0.3) is 0 Å². The van der Waals surface area contributed by atoms with Gasteiger partial charge in [-0.05, 0) is 48.0 Å². The summed E-state index contributed by atoms with van der Waals surface area (Å²) in [4.78, 5) is 39.7. The number of rotatable bonds is 5. The minimum atomic E-state index is -0.500. The normalized spacial score (nSPS) is 13.8. The van der Waals surface area contributed by atoms with Gasteiger partial charge in [0.2, 0.25) is 6.79 Å². The summed E-state index contributed by atoms with van der Waals surface area (Å²) in [6.07, 6.45) is 0. The van der Waals surface area contributed by atoms with Crippen LogP contribution in [-0.2, 0) is 6.54 Å². The summed E-state index contributed by atoms with van der Waals surface area (Å²) in [6.45, 7) is 0.450. The molecule has 0 radical (unpaired) electrons. The van der Waals surface area contributed by atoms with Crippen LogP contribution in [0.4, 0.5) is 5.69 Å². The number of carbonyl (C=O) groups excluding carboxylic acids is 3. The van der Waals surface area contributed by atoms with Gasteiger partial charge < -0.3 is 19.5 Å². The zero-order valence-electron chi connectivity index (χ0n) is 17.1. The number of hydrogen-bond acceptors (Lipinski definition) is 6. The molecule has 0 aromatic heterocycles. The number of hydrogen-bond donors (Lipinski definition) is 1. The molecule has 0 unspecified atom stereocenters. The van der Waals surface area contributed by atoms with Crippen LogP contribution < -0.4 is 24.4 Å². The number of para-hydroxylation sites is 2. The minimum Gasteiger partial charge on any atom is -0.495 e. The fraction of sp³-hybridized carbons (Fsp3) is 0.125. The zero-order valence-corrected chi connectivity index (χ0v) is 17.1. The Bertz CT molecular complexity index is 1270. The predicted molar refractivity (Wildman–Crippen MR) is 114 cm³/mol. The van der Waals surface area contributed by atoms with Crippen molar-refractivity contribution in [3.8, 4) is 17.2 Å². The summed E-state index contributed by atoms with van der Waals surface area (Å²) < 4.78 is 15.9. The van der Waals surface area contributed by atoms with E-state index in [-0.39, 0.29) is 35.9 Å². The molecule has 160 valence electrons. The number of methoxy groups -OCH3 is 1. The van der Waals surface area contributed by atoms with Crippen LogP contribution in [0.3, 0.4) is 0 Å². The monoisotopic (exact) mass is 430 g/mol. The maximum atomic E-state index is 13.0. The van der Waals surface area contributed by atoms with Crippen LogP contribution >= 0.6 is 0 Å². The molecule has 3 aromatic carbocycles. The number of nitrogens with one attached hydrogen (secondary N) is 1. The number of amides is 3. The van der Waals surface area contributed by atoms with Gasteiger partial charge in [-0.2, -0.15) is 0 Å². The first kappa shape index (κ1) is 19.6. The quantitative estimate of drug-likeness (QED) is 0.625. The fourth-order valence-corrected chi connectivity index (χ4v) is 3.75. The SMILES string of the molecule is COc1ccccc1N1C(=O)c2ccc(C(=O)NCc3ccc4c(c3)OCO4)cc2C1=O. The molecule has 2 aliphatic heterocycles. The summed E-state index contributed by atoms with van der Waals surface area (Å²) in [6, 6.07) is 16.7. The average molecular weight is 430 g/mol. The summed E-state index contributed by atoms with van der Waals surface area (Å²) in [5, 5.41) is 2.82. The first-order valence-electron chi connectivity index (χ1n) is 9.89. The number of imide groups is 1. The van der Waals surface area contributed by atoms with Crippen molar-refractivity contribution in [2.45, 2.75) is 6.54 Å². The number of carbonyl (C=O) groups is 3. The van der Waals surface area contributed by atoms with Crippen molar-refractivity contribution in [1.29, 1.82) is 0 Å². The lowest BCUT2D eigenvalue weighted by Crippen LogP contribution is -2.29. The molecular formula is C24H18N2O6. The van der Waals surface area contributed by atoms with Crippen molar-refractivity contribution >= 4 is 23.4 Å². The van der Waals surface area contributed by atoms with Crippen molar-refractivity contribution in [3.05, 3.63) is 82.9 Å². The van der Waals surface area contributed by atoms with Gasteiger partial charge in [-0.1, -0.05) is 18.2 Å². The Morgan fingerprint density at radius 1 is 0.969 bits per heavy atom. The second-order valence-electron chi connectivity index (χ2n) is 7.25. The highest BCUT2D eigenvalue weighted by molar-refractivity contribution is 6.35. The maximum absolute atomic E-state index is 13.0. The van der Waals surface area contributed by atoms with Gasteiger partial charge in [0.25, 0.3) is 17.7 Å². The van der Waals surface area contributed by atoms with Crippen molar-refractivity contribution in [3.63, 3.8) is 0 Å². The molecule has 2 aliphatic rings. The van der Waals surface area contributed by atoms with Crippen LogP contribution in [-0.4, -0.2) is 31.6 Å². The van der Waals surface area contributed by atoms with Gasteiger partial charge in [-0.15, -0.1) is 0 Å². The standard InChI is InChI=1S/C24H18N2O6/c1-30-19-5-3-2-4-18(19)26-23(28)16-8-7-15(11-17(16)24(26)29)22(27)25-12-14-6-9-20-21(10-14)32-13-31-20/h2-11H,12-13H2,1H3,(H,25,27). The molecule has 0 spiro atoms. The third-order valence-corrected chi connectivity index (χ3v) is 5.36. The second-order valence-corrected chi connectivity index (χ2v) is 7.25. The van der Waals surface area contributed by atoms with Crippen LogP contribution in [0.2, 0.25) is 0 Å². The maximum Gasteiger partial charge on any atom is 0.266 e. The minimum absolute atomic E-state index is 0.177. The topological polar surface area (TPSA) is 94.2 Å². The highest BCUT2D eigenvalue weighted by atomic mass is 16.7. The molecule has 1 N–H and O–H groups in total. The molecule has 0 aliphatic carbocycles. The Balaban J connectivity index is 1.36. The van der Waals surface area contributed by atoms with E-state index in [1.807, 2.05) is 6.07 Å². The molecule has 0 fully saturated rings. The molecule has 0 atom stereocenters. The van der Waals surface area contributed by atoms with Crippen LogP contribution in [0.15, 0.2) is 60.7 Å². The fourth-order valence-electron chi connectivity index (χ4n) is 3.75. The molecule has 3 aromatic rings. The largest absolute Gasteiger partial charge is 0.495 e. The van der Waals surface area contributed by atoms with Gasteiger partial charge in [-0.3, -0.25) is 14.4 Å². The first-order valence-corrected chi connectivity index (χ1v) is 9.89. The molecule has 0 bridgehead atoms. The van der Waals surface area contributed by atoms with Gasteiger partial charge in [0, 0.05) is 12.1 Å². The second kappa shape index (κ2) is 7.73. The Morgan fingerprint density at radius 3 is 2.59 bits per heavy atom. The number of fused-ring (bicyclic) bond motifs is 2. The van der Waals surface area contributed by atoms with E-state index in [1.54, 1.807) is 36.4 Å². The molecule has 3 amide bonds. The Hall–Kier alpha value is -4.33. The molecule has 2 heterocycles. The molecule has 8 heteroatoms. The molecule has 32 heavy (non-hydrogen) atoms. The van der Waals surface area contributed by atoms with E-state index in [0.29, 0.717) is 22.9 Å². The molecule has 8 nitrogen and oxygen atoms in total. The van der Waals surface area contributed by atoms with Crippen LogP contribution in [0.1, 0.15) is 36.6 Å². The summed E-state index contributed by atoms with van der Waals surface area (Å²) in [5.41, 5.74) is 1.91. The lowest BCUT2D eigenvalue weighted by Gasteiger charge is -2.16. The molecule has 5 rings (SSSR count). The number of nitrogens with zero attached hydrogens (tertiary/aromatic N) is 1. The van der Waals surface area contributed by atoms with Gasteiger partial charge in [0.15, 0.2) is 11.5 Å². The van der Waals surface area contributed by atoms with Crippen molar-refractivity contribution < 1.29 is 28.6 Å². The Morgan fingerprint density at radius 2 is 1.75 bits per heavy atom.